The number of carbonyl (C=O) groups is 4. The topological polar surface area (TPSA) is 236 Å². The monoisotopic (exact) mass is 543 g/mol. The van der Waals surface area contributed by atoms with Crippen LogP contribution in [0.25, 0.3) is 10.9 Å². The summed E-state index contributed by atoms with van der Waals surface area (Å²) in [5, 5.41) is 37.7. The number of nitrogens with one attached hydrogen (secondary N) is 5. The first-order valence-electron chi connectivity index (χ1n) is 12.3. The van der Waals surface area contributed by atoms with E-state index in [1.165, 1.54) is 26.4 Å². The third-order valence-electron chi connectivity index (χ3n) is 6.21. The van der Waals surface area contributed by atoms with Crippen LogP contribution in [0.15, 0.2) is 43.0 Å². The molecule has 0 bridgehead atoms. The lowest BCUT2D eigenvalue weighted by Crippen LogP contribution is -2.61. The molecule has 0 aliphatic carbocycles. The van der Waals surface area contributed by atoms with Crippen LogP contribution < -0.4 is 21.7 Å². The molecule has 3 aromatic rings. The number of nitrogens with zero attached hydrogens (tertiary/aromatic N) is 1. The van der Waals surface area contributed by atoms with Crippen LogP contribution >= 0.6 is 0 Å². The molecule has 3 rings (SSSR count). The summed E-state index contributed by atoms with van der Waals surface area (Å²) in [4.78, 5) is 60.4. The van der Waals surface area contributed by atoms with Crippen LogP contribution in [0.2, 0.25) is 0 Å². The summed E-state index contributed by atoms with van der Waals surface area (Å²) in [6.45, 7) is 2.57. The molecule has 0 aliphatic rings. The number of aliphatic hydroxyl groups excluding tert-OH is 2. The number of aliphatic hydroxyl groups is 2. The van der Waals surface area contributed by atoms with Crippen molar-refractivity contribution in [3.05, 3.63) is 54.2 Å². The highest BCUT2D eigenvalue weighted by atomic mass is 16.4. The fourth-order valence-electron chi connectivity index (χ4n) is 3.95. The number of hydrogen-bond acceptors (Lipinski definition) is 8. The van der Waals surface area contributed by atoms with Crippen molar-refractivity contribution in [2.24, 2.45) is 5.73 Å². The summed E-state index contributed by atoms with van der Waals surface area (Å²) < 4.78 is 0. The van der Waals surface area contributed by atoms with Gasteiger partial charge in [-0.1, -0.05) is 18.2 Å². The second-order valence-electron chi connectivity index (χ2n) is 9.30. The number of benzene rings is 1. The van der Waals surface area contributed by atoms with E-state index >= 15 is 0 Å². The predicted octanol–water partition coefficient (Wildman–Crippen LogP) is -1.70. The van der Waals surface area contributed by atoms with Crippen molar-refractivity contribution in [3.8, 4) is 0 Å². The number of imidazole rings is 1. The van der Waals surface area contributed by atoms with E-state index in [4.69, 9.17) is 5.73 Å². The maximum atomic E-state index is 13.2. The molecular weight excluding hydrogens is 510 g/mol. The first-order valence-corrected chi connectivity index (χ1v) is 12.3. The summed E-state index contributed by atoms with van der Waals surface area (Å²) in [5.41, 5.74) is 7.62. The Hall–Kier alpha value is -4.27. The van der Waals surface area contributed by atoms with Crippen molar-refractivity contribution in [1.82, 2.24) is 30.9 Å². The molecule has 0 fully saturated rings. The molecular formula is C25H33N7O7. The number of carboxylic acids is 1. The zero-order valence-corrected chi connectivity index (χ0v) is 21.4. The van der Waals surface area contributed by atoms with Crippen molar-refractivity contribution in [3.63, 3.8) is 0 Å². The molecule has 0 spiro atoms. The van der Waals surface area contributed by atoms with Crippen LogP contribution in [-0.4, -0.2) is 90.3 Å². The lowest BCUT2D eigenvalue weighted by Gasteiger charge is -2.26. The van der Waals surface area contributed by atoms with E-state index in [0.717, 1.165) is 10.9 Å². The van der Waals surface area contributed by atoms with Crippen LogP contribution in [0.4, 0.5) is 0 Å². The Morgan fingerprint density at radius 1 is 0.923 bits per heavy atom. The molecule has 10 N–H and O–H groups in total. The van der Waals surface area contributed by atoms with Crippen molar-refractivity contribution in [2.75, 3.05) is 0 Å². The third-order valence-corrected chi connectivity index (χ3v) is 6.21. The van der Waals surface area contributed by atoms with E-state index in [2.05, 4.69) is 30.9 Å². The second-order valence-corrected chi connectivity index (χ2v) is 9.30. The lowest BCUT2D eigenvalue weighted by atomic mass is 10.0. The van der Waals surface area contributed by atoms with Crippen LogP contribution in [0.1, 0.15) is 25.1 Å². The number of hydrogen-bond donors (Lipinski definition) is 9. The number of amides is 3. The fourth-order valence-corrected chi connectivity index (χ4v) is 3.95. The normalized spacial score (nSPS) is 15.9. The number of aliphatic carboxylic acids is 1. The number of carboxylic acid groups (broad SMARTS) is 1. The first-order chi connectivity index (χ1) is 18.5. The van der Waals surface area contributed by atoms with Crippen molar-refractivity contribution in [1.29, 1.82) is 0 Å². The number of fused-ring (bicyclic) bond motifs is 1. The summed E-state index contributed by atoms with van der Waals surface area (Å²) in [6.07, 6.45) is 1.72. The van der Waals surface area contributed by atoms with Gasteiger partial charge in [0.1, 0.15) is 24.2 Å². The van der Waals surface area contributed by atoms with E-state index in [0.29, 0.717) is 11.3 Å². The molecule has 0 saturated heterocycles. The predicted molar refractivity (Wildman–Crippen MR) is 139 cm³/mol. The number of rotatable bonds is 13. The zero-order chi connectivity index (χ0) is 28.7. The Morgan fingerprint density at radius 3 is 2.23 bits per heavy atom. The number of carbonyl (C=O) groups excluding carboxylic acids is 3. The Morgan fingerprint density at radius 2 is 1.62 bits per heavy atom. The maximum Gasteiger partial charge on any atom is 0.326 e. The zero-order valence-electron chi connectivity index (χ0n) is 21.4. The standard InChI is InChI=1S/C25H33N7O7/c1-12(33)20(26)23(36)30-18(8-15-10-27-11-29-15)22(35)32-21(13(2)34)24(37)31-19(25(38)39)7-14-9-28-17-6-4-3-5-16(14)17/h3-6,9-13,18-21,28,33-34H,7-8,26H2,1-2H3,(H,27,29)(H,30,36)(H,31,37)(H,32,35)(H,38,39). The van der Waals surface area contributed by atoms with Gasteiger partial charge in [-0.15, -0.1) is 0 Å². The highest BCUT2D eigenvalue weighted by molar-refractivity contribution is 5.95. The van der Waals surface area contributed by atoms with Gasteiger partial charge in [0.05, 0.1) is 18.5 Å². The van der Waals surface area contributed by atoms with Gasteiger partial charge >= 0.3 is 5.97 Å². The summed E-state index contributed by atoms with van der Waals surface area (Å²) in [5.74, 6) is -3.90. The SMILES string of the molecule is CC(O)C(N)C(=O)NC(Cc1cnc[nH]1)C(=O)NC(C(=O)NC(Cc1c[nH]c2ccccc12)C(=O)O)C(C)O. The molecule has 3 amide bonds. The molecule has 2 heterocycles. The fraction of sp³-hybridized carbons (Fsp3) is 0.400. The number of nitrogens with two attached hydrogens (primary N) is 1. The van der Waals surface area contributed by atoms with Gasteiger partial charge in [0.25, 0.3) is 0 Å². The van der Waals surface area contributed by atoms with E-state index in [-0.39, 0.29) is 12.8 Å². The van der Waals surface area contributed by atoms with E-state index < -0.39 is 60.1 Å². The first kappa shape index (κ1) is 29.3. The third kappa shape index (κ3) is 7.63. The molecule has 39 heavy (non-hydrogen) atoms. The van der Waals surface area contributed by atoms with Gasteiger partial charge in [0.2, 0.25) is 17.7 Å². The lowest BCUT2D eigenvalue weighted by molar-refractivity contribution is -0.143. The van der Waals surface area contributed by atoms with Crippen LogP contribution in [-0.2, 0) is 32.0 Å². The Balaban J connectivity index is 1.75. The van der Waals surface area contributed by atoms with Gasteiger partial charge in [-0.25, -0.2) is 9.78 Å². The van der Waals surface area contributed by atoms with Gasteiger partial charge in [-0.3, -0.25) is 14.4 Å². The average molecular weight is 544 g/mol. The molecule has 6 unspecified atom stereocenters. The van der Waals surface area contributed by atoms with Crippen molar-refractivity contribution in [2.45, 2.75) is 63.1 Å². The molecule has 6 atom stereocenters. The van der Waals surface area contributed by atoms with Gasteiger partial charge in [0.15, 0.2) is 0 Å². The minimum Gasteiger partial charge on any atom is -0.480 e. The molecule has 2 aromatic heterocycles. The summed E-state index contributed by atoms with van der Waals surface area (Å²) in [6, 6.07) is 1.79. The quantitative estimate of drug-likeness (QED) is 0.119. The van der Waals surface area contributed by atoms with Gasteiger partial charge in [-0.05, 0) is 25.5 Å². The Labute approximate surface area is 223 Å². The number of para-hydroxylation sites is 1. The summed E-state index contributed by atoms with van der Waals surface area (Å²) >= 11 is 0. The molecule has 1 aromatic carbocycles. The molecule has 14 heteroatoms. The van der Waals surface area contributed by atoms with Crippen LogP contribution in [0.5, 0.6) is 0 Å². The highest BCUT2D eigenvalue weighted by Crippen LogP contribution is 2.19. The van der Waals surface area contributed by atoms with E-state index in [1.54, 1.807) is 12.3 Å². The highest BCUT2D eigenvalue weighted by Gasteiger charge is 2.33. The van der Waals surface area contributed by atoms with Crippen molar-refractivity contribution < 1.29 is 34.5 Å². The van der Waals surface area contributed by atoms with Gasteiger partial charge < -0.3 is 47.0 Å². The Bertz CT molecular complexity index is 1290. The van der Waals surface area contributed by atoms with Crippen LogP contribution in [0, 0.1) is 0 Å². The van der Waals surface area contributed by atoms with E-state index in [9.17, 15) is 34.5 Å². The largest absolute Gasteiger partial charge is 0.480 e. The second kappa shape index (κ2) is 13.0. The minimum atomic E-state index is -1.55. The van der Waals surface area contributed by atoms with Crippen molar-refractivity contribution >= 4 is 34.6 Å². The number of aromatic nitrogens is 3. The number of H-pyrrole nitrogens is 2. The van der Waals surface area contributed by atoms with E-state index in [1.807, 2.05) is 18.2 Å². The minimum absolute atomic E-state index is 0.0543. The number of aromatic amines is 2. The summed E-state index contributed by atoms with van der Waals surface area (Å²) in [7, 11) is 0. The molecule has 210 valence electrons. The maximum absolute atomic E-state index is 13.2. The smallest absolute Gasteiger partial charge is 0.326 e. The molecule has 0 saturated carbocycles. The van der Waals surface area contributed by atoms with Gasteiger partial charge in [0, 0.05) is 41.8 Å². The van der Waals surface area contributed by atoms with Crippen LogP contribution in [0.3, 0.4) is 0 Å². The molecule has 14 nitrogen and oxygen atoms in total. The van der Waals surface area contributed by atoms with Gasteiger partial charge in [-0.2, -0.15) is 0 Å². The Kier molecular flexibility index (Phi) is 9.76. The molecule has 0 radical (unpaired) electrons. The average Bonchev–Trinajstić information content (AvgIpc) is 3.55. The molecule has 0 aliphatic heterocycles.